The van der Waals surface area contributed by atoms with Gasteiger partial charge in [0.1, 0.15) is 5.69 Å². The van der Waals surface area contributed by atoms with Crippen molar-refractivity contribution in [3.8, 4) is 0 Å². The Balaban J connectivity index is 2.08. The molecule has 0 amide bonds. The molecule has 3 nitrogen and oxygen atoms in total. The summed E-state index contributed by atoms with van der Waals surface area (Å²) in [6.07, 6.45) is 4.34. The lowest BCUT2D eigenvalue weighted by Gasteiger charge is -1.97. The van der Waals surface area contributed by atoms with Gasteiger partial charge in [0, 0.05) is 11.9 Å². The van der Waals surface area contributed by atoms with Gasteiger partial charge in [-0.25, -0.2) is 4.98 Å². The number of carbonyl (C=O) groups is 1. The average molecular weight is 220 g/mol. The predicted molar refractivity (Wildman–Crippen MR) is 60.3 cm³/mol. The first-order valence-electron chi connectivity index (χ1n) is 4.79. The van der Waals surface area contributed by atoms with Crippen molar-refractivity contribution >= 4 is 17.6 Å². The summed E-state index contributed by atoms with van der Waals surface area (Å²) in [5.41, 5.74) is 1.58. The van der Waals surface area contributed by atoms with Gasteiger partial charge >= 0.3 is 0 Å². The molecule has 0 aliphatic heterocycles. The summed E-state index contributed by atoms with van der Waals surface area (Å²) in [6.45, 7) is 0. The normalized spacial score (nSPS) is 10.5. The fourth-order valence-electron chi connectivity index (χ4n) is 1.53. The molecular formula is C11H12N2OS. The molecule has 15 heavy (non-hydrogen) atoms. The number of aromatic nitrogens is 2. The van der Waals surface area contributed by atoms with Crippen LogP contribution in [0.1, 0.15) is 21.1 Å². The fraction of sp³-hybridized carbons (Fsp3) is 0.273. The molecule has 0 saturated carbocycles. The Kier molecular flexibility index (Phi) is 2.97. The molecule has 0 aromatic carbocycles. The van der Waals surface area contributed by atoms with E-state index in [2.05, 4.69) is 16.4 Å². The monoisotopic (exact) mass is 220 g/mol. The maximum absolute atomic E-state index is 10.8. The Hall–Kier alpha value is -1.42. The second-order valence-electron chi connectivity index (χ2n) is 3.38. The van der Waals surface area contributed by atoms with Crippen molar-refractivity contribution in [1.29, 1.82) is 0 Å². The molecule has 2 rings (SSSR count). The van der Waals surface area contributed by atoms with Crippen LogP contribution in [0.25, 0.3) is 0 Å². The molecule has 78 valence electrons. The Morgan fingerprint density at radius 1 is 1.53 bits per heavy atom. The number of aryl methyl sites for hydroxylation is 3. The Morgan fingerprint density at radius 2 is 2.40 bits per heavy atom. The van der Waals surface area contributed by atoms with Gasteiger partial charge in [0.05, 0.1) is 12.0 Å². The van der Waals surface area contributed by atoms with Crippen LogP contribution in [-0.2, 0) is 19.9 Å². The summed E-state index contributed by atoms with van der Waals surface area (Å²) in [6, 6.07) is 4.15. The Labute approximate surface area is 92.4 Å². The van der Waals surface area contributed by atoms with Crippen molar-refractivity contribution in [3.63, 3.8) is 0 Å². The highest BCUT2D eigenvalue weighted by Crippen LogP contribution is 2.13. The van der Waals surface area contributed by atoms with Gasteiger partial charge in [0.15, 0.2) is 6.29 Å². The van der Waals surface area contributed by atoms with E-state index < -0.39 is 0 Å². The highest BCUT2D eigenvalue weighted by atomic mass is 32.1. The standard InChI is InChI=1S/C11H12N2OS/c1-13-8-12-10(11(13)7-14)5-4-9-3-2-6-15-9/h2-3,6-8H,4-5H2,1H3. The van der Waals surface area contributed by atoms with Crippen molar-refractivity contribution in [2.45, 2.75) is 12.8 Å². The molecule has 2 aromatic rings. The summed E-state index contributed by atoms with van der Waals surface area (Å²) < 4.78 is 1.76. The number of thiophene rings is 1. The zero-order valence-electron chi connectivity index (χ0n) is 8.51. The van der Waals surface area contributed by atoms with Crippen molar-refractivity contribution in [2.75, 3.05) is 0 Å². The van der Waals surface area contributed by atoms with Gasteiger partial charge < -0.3 is 4.57 Å². The van der Waals surface area contributed by atoms with Crippen molar-refractivity contribution in [1.82, 2.24) is 9.55 Å². The first-order valence-corrected chi connectivity index (χ1v) is 5.67. The summed E-state index contributed by atoms with van der Waals surface area (Å²) in [7, 11) is 1.84. The maximum Gasteiger partial charge on any atom is 0.168 e. The molecule has 2 aromatic heterocycles. The zero-order valence-corrected chi connectivity index (χ0v) is 9.33. The number of aldehydes is 1. The summed E-state index contributed by atoms with van der Waals surface area (Å²) in [4.78, 5) is 16.4. The van der Waals surface area contributed by atoms with E-state index >= 15 is 0 Å². The third-order valence-electron chi connectivity index (χ3n) is 2.36. The van der Waals surface area contributed by atoms with Crippen molar-refractivity contribution < 1.29 is 4.79 Å². The number of imidazole rings is 1. The summed E-state index contributed by atoms with van der Waals surface area (Å²) in [5, 5.41) is 2.06. The average Bonchev–Trinajstić information content (AvgIpc) is 2.84. The smallest absolute Gasteiger partial charge is 0.168 e. The van der Waals surface area contributed by atoms with E-state index in [0.717, 1.165) is 24.8 Å². The van der Waals surface area contributed by atoms with Crippen LogP contribution in [0.5, 0.6) is 0 Å². The first-order chi connectivity index (χ1) is 7.31. The second-order valence-corrected chi connectivity index (χ2v) is 4.42. The molecule has 0 aliphatic carbocycles. The third kappa shape index (κ3) is 2.15. The Bertz CT molecular complexity index is 445. The number of hydrogen-bond acceptors (Lipinski definition) is 3. The topological polar surface area (TPSA) is 34.9 Å². The Morgan fingerprint density at radius 3 is 3.07 bits per heavy atom. The van der Waals surface area contributed by atoms with Crippen molar-refractivity contribution in [3.05, 3.63) is 40.1 Å². The van der Waals surface area contributed by atoms with Gasteiger partial charge in [-0.2, -0.15) is 0 Å². The van der Waals surface area contributed by atoms with Crippen LogP contribution in [0.3, 0.4) is 0 Å². The molecule has 2 heterocycles. The van der Waals surface area contributed by atoms with Crippen molar-refractivity contribution in [2.24, 2.45) is 7.05 Å². The lowest BCUT2D eigenvalue weighted by Crippen LogP contribution is -1.98. The van der Waals surface area contributed by atoms with Crippen LogP contribution in [-0.4, -0.2) is 15.8 Å². The van der Waals surface area contributed by atoms with E-state index in [0.29, 0.717) is 5.69 Å². The molecule has 0 N–H and O–H groups in total. The lowest BCUT2D eigenvalue weighted by atomic mass is 10.2. The SMILES string of the molecule is Cn1cnc(CCc2cccs2)c1C=O. The first kappa shape index (κ1) is 10.1. The van der Waals surface area contributed by atoms with E-state index in [1.165, 1.54) is 4.88 Å². The summed E-state index contributed by atoms with van der Waals surface area (Å²) in [5.74, 6) is 0. The van der Waals surface area contributed by atoms with Gasteiger partial charge in [-0.3, -0.25) is 4.79 Å². The van der Waals surface area contributed by atoms with Crippen LogP contribution < -0.4 is 0 Å². The van der Waals surface area contributed by atoms with E-state index in [1.54, 1.807) is 22.2 Å². The second kappa shape index (κ2) is 4.40. The highest BCUT2D eigenvalue weighted by molar-refractivity contribution is 7.09. The number of hydrogen-bond donors (Lipinski definition) is 0. The van der Waals surface area contributed by atoms with E-state index in [9.17, 15) is 4.79 Å². The molecule has 4 heteroatoms. The molecule has 0 atom stereocenters. The number of carbonyl (C=O) groups excluding carboxylic acids is 1. The summed E-state index contributed by atoms with van der Waals surface area (Å²) >= 11 is 1.74. The van der Waals surface area contributed by atoms with Gasteiger partial charge in [-0.1, -0.05) is 6.07 Å². The maximum atomic E-state index is 10.8. The minimum Gasteiger partial charge on any atom is -0.331 e. The lowest BCUT2D eigenvalue weighted by molar-refractivity contribution is 0.111. The van der Waals surface area contributed by atoms with E-state index in [-0.39, 0.29) is 0 Å². The minimum atomic E-state index is 0.687. The minimum absolute atomic E-state index is 0.687. The van der Waals surface area contributed by atoms with Gasteiger partial charge in [-0.05, 0) is 24.3 Å². The van der Waals surface area contributed by atoms with Gasteiger partial charge in [0.2, 0.25) is 0 Å². The van der Waals surface area contributed by atoms with Crippen LogP contribution in [0.15, 0.2) is 23.8 Å². The van der Waals surface area contributed by atoms with Gasteiger partial charge in [-0.15, -0.1) is 11.3 Å². The molecule has 0 radical (unpaired) electrons. The van der Waals surface area contributed by atoms with Crippen LogP contribution >= 0.6 is 11.3 Å². The molecule has 0 aliphatic rings. The zero-order chi connectivity index (χ0) is 10.7. The van der Waals surface area contributed by atoms with E-state index in [1.807, 2.05) is 13.1 Å². The van der Waals surface area contributed by atoms with E-state index in [4.69, 9.17) is 0 Å². The largest absolute Gasteiger partial charge is 0.331 e. The number of nitrogens with zero attached hydrogens (tertiary/aromatic N) is 2. The molecule has 0 saturated heterocycles. The molecule has 0 spiro atoms. The third-order valence-corrected chi connectivity index (χ3v) is 3.30. The molecular weight excluding hydrogens is 208 g/mol. The fourth-order valence-corrected chi connectivity index (χ4v) is 2.24. The number of rotatable bonds is 4. The molecule has 0 fully saturated rings. The van der Waals surface area contributed by atoms with Crippen LogP contribution in [0.2, 0.25) is 0 Å². The van der Waals surface area contributed by atoms with Crippen LogP contribution in [0, 0.1) is 0 Å². The molecule has 0 bridgehead atoms. The van der Waals surface area contributed by atoms with Gasteiger partial charge in [0.25, 0.3) is 0 Å². The highest BCUT2D eigenvalue weighted by Gasteiger charge is 2.07. The quantitative estimate of drug-likeness (QED) is 0.739. The molecule has 0 unspecified atom stereocenters. The van der Waals surface area contributed by atoms with Crippen LogP contribution in [0.4, 0.5) is 0 Å². The predicted octanol–water partition coefficient (Wildman–Crippen LogP) is 2.08.